The number of H-pyrrole nitrogens is 1. The highest BCUT2D eigenvalue weighted by Crippen LogP contribution is 2.36. The second-order valence-corrected chi connectivity index (χ2v) is 10.4. The predicted octanol–water partition coefficient (Wildman–Crippen LogP) is 6.92. The average molecular weight is 575 g/mol. The molecule has 6 rings (SSSR count). The number of thiophene rings is 1. The van der Waals surface area contributed by atoms with Crippen LogP contribution in [0.25, 0.3) is 38.1 Å². The highest BCUT2D eigenvalue weighted by Gasteiger charge is 2.31. The van der Waals surface area contributed by atoms with E-state index >= 15 is 0 Å². The van der Waals surface area contributed by atoms with Crippen LogP contribution >= 0.6 is 11.3 Å². The largest absolute Gasteiger partial charge is 0.416 e. The Morgan fingerprint density at radius 3 is 2.54 bits per heavy atom. The molecule has 0 fully saturated rings. The van der Waals surface area contributed by atoms with Crippen molar-refractivity contribution in [2.45, 2.75) is 19.2 Å². The molecule has 7 nitrogen and oxygen atoms in total. The Labute approximate surface area is 234 Å². The Kier molecular flexibility index (Phi) is 6.47. The number of hydrogen-bond acceptors (Lipinski definition) is 5. The summed E-state index contributed by atoms with van der Waals surface area (Å²) in [4.78, 5) is 31.7. The number of carbonyl (C=O) groups excluding carboxylic acids is 1. The lowest BCUT2D eigenvalue weighted by molar-refractivity contribution is -0.137. The van der Waals surface area contributed by atoms with Crippen LogP contribution in [0.15, 0.2) is 89.0 Å². The molecule has 1 atom stereocenters. The minimum absolute atomic E-state index is 0.150. The monoisotopic (exact) mass is 574 g/mol. The summed E-state index contributed by atoms with van der Waals surface area (Å²) in [6.07, 6.45) is -5.23. The maximum atomic E-state index is 13.7. The molecule has 0 spiro atoms. The summed E-state index contributed by atoms with van der Waals surface area (Å²) in [5.74, 6) is -0.376. The number of amides is 1. The van der Waals surface area contributed by atoms with E-state index in [2.05, 4.69) is 15.4 Å². The molecular formula is C30H21F3N4O3S. The van der Waals surface area contributed by atoms with Crippen LogP contribution in [-0.4, -0.2) is 25.8 Å². The van der Waals surface area contributed by atoms with Gasteiger partial charge < -0.3 is 10.4 Å². The van der Waals surface area contributed by atoms with E-state index in [0.717, 1.165) is 12.1 Å². The van der Waals surface area contributed by atoms with Crippen LogP contribution in [0.5, 0.6) is 0 Å². The first-order chi connectivity index (χ1) is 19.6. The van der Waals surface area contributed by atoms with Gasteiger partial charge in [0.05, 0.1) is 34.0 Å². The molecule has 3 heterocycles. The standard InChI is InChI=1S/C30H21F3N4O3S/c1-16(38)18-4-3-7-21(15-18)34-27(39)17-8-10-22(11-9-17)37-29(40)24-25(19-5-2-6-20(14-19)30(31,32)33)35-28-23(12-13-41-28)26(24)36-37/h2-16,36,38H,1H3,(H,34,39). The Morgan fingerprint density at radius 1 is 1.05 bits per heavy atom. The molecule has 206 valence electrons. The number of alkyl halides is 3. The zero-order chi connectivity index (χ0) is 28.9. The number of fused-ring (bicyclic) bond motifs is 3. The van der Waals surface area contributed by atoms with Crippen molar-refractivity contribution < 1.29 is 23.1 Å². The lowest BCUT2D eigenvalue weighted by atomic mass is 10.0. The zero-order valence-corrected chi connectivity index (χ0v) is 22.2. The Morgan fingerprint density at radius 2 is 1.80 bits per heavy atom. The third kappa shape index (κ3) is 4.90. The van der Waals surface area contributed by atoms with Crippen molar-refractivity contribution >= 4 is 44.1 Å². The molecule has 0 bridgehead atoms. The van der Waals surface area contributed by atoms with Crippen LogP contribution in [-0.2, 0) is 6.18 Å². The van der Waals surface area contributed by atoms with Gasteiger partial charge in [-0.25, -0.2) is 9.67 Å². The molecule has 6 aromatic rings. The van der Waals surface area contributed by atoms with Gasteiger partial charge in [-0.15, -0.1) is 11.3 Å². The van der Waals surface area contributed by atoms with Crippen molar-refractivity contribution in [2.75, 3.05) is 5.32 Å². The van der Waals surface area contributed by atoms with E-state index in [4.69, 9.17) is 0 Å². The predicted molar refractivity (Wildman–Crippen MR) is 153 cm³/mol. The maximum Gasteiger partial charge on any atom is 0.416 e. The lowest BCUT2D eigenvalue weighted by Gasteiger charge is -2.09. The summed E-state index contributed by atoms with van der Waals surface area (Å²) in [6.45, 7) is 1.63. The van der Waals surface area contributed by atoms with Gasteiger partial charge in [-0.2, -0.15) is 13.2 Å². The van der Waals surface area contributed by atoms with E-state index < -0.39 is 23.4 Å². The van der Waals surface area contributed by atoms with Crippen LogP contribution in [0.4, 0.5) is 18.9 Å². The minimum Gasteiger partial charge on any atom is -0.389 e. The first kappa shape index (κ1) is 26.5. The quantitative estimate of drug-likeness (QED) is 0.208. The highest BCUT2D eigenvalue weighted by molar-refractivity contribution is 7.16. The van der Waals surface area contributed by atoms with Crippen LogP contribution < -0.4 is 10.9 Å². The SMILES string of the molecule is CC(O)c1cccc(NC(=O)c2ccc(-n3[nH]c4c(c(-c5cccc(C(F)(F)F)c5)nc5sccc54)c3=O)cc2)c1. The molecule has 0 aliphatic heterocycles. The number of benzene rings is 3. The number of aliphatic hydroxyl groups excluding tert-OH is 1. The van der Waals surface area contributed by atoms with Gasteiger partial charge >= 0.3 is 6.18 Å². The second-order valence-electron chi connectivity index (χ2n) is 9.48. The third-order valence-electron chi connectivity index (χ3n) is 6.73. The second kappa shape index (κ2) is 10.0. The zero-order valence-electron chi connectivity index (χ0n) is 21.4. The lowest BCUT2D eigenvalue weighted by Crippen LogP contribution is -2.16. The molecule has 0 saturated carbocycles. The number of aromatic nitrogens is 3. The molecule has 41 heavy (non-hydrogen) atoms. The van der Waals surface area contributed by atoms with Gasteiger partial charge in [-0.1, -0.05) is 24.3 Å². The van der Waals surface area contributed by atoms with Gasteiger partial charge in [-0.05, 0) is 72.5 Å². The first-order valence-corrected chi connectivity index (χ1v) is 13.4. The topological polar surface area (TPSA) is 100 Å². The number of halogens is 3. The van der Waals surface area contributed by atoms with Gasteiger partial charge in [0.2, 0.25) is 0 Å². The fraction of sp³-hybridized carbons (Fsp3) is 0.100. The van der Waals surface area contributed by atoms with Crippen molar-refractivity contribution in [1.29, 1.82) is 0 Å². The molecule has 3 N–H and O–H groups in total. The number of aromatic amines is 1. The molecule has 0 aliphatic rings. The summed E-state index contributed by atoms with van der Waals surface area (Å²) in [7, 11) is 0. The van der Waals surface area contributed by atoms with E-state index in [1.807, 2.05) is 0 Å². The number of pyridine rings is 1. The van der Waals surface area contributed by atoms with E-state index in [9.17, 15) is 27.9 Å². The van der Waals surface area contributed by atoms with Crippen molar-refractivity contribution in [2.24, 2.45) is 0 Å². The van der Waals surface area contributed by atoms with E-state index in [1.165, 1.54) is 28.2 Å². The van der Waals surface area contributed by atoms with Gasteiger partial charge in [0.15, 0.2) is 0 Å². The number of carbonyl (C=O) groups is 1. The summed E-state index contributed by atoms with van der Waals surface area (Å²) in [6, 6.07) is 19.7. The fourth-order valence-electron chi connectivity index (χ4n) is 4.66. The van der Waals surface area contributed by atoms with Gasteiger partial charge in [0, 0.05) is 22.2 Å². The number of nitrogens with one attached hydrogen (secondary N) is 2. The molecule has 3 aromatic carbocycles. The summed E-state index contributed by atoms with van der Waals surface area (Å²) in [5, 5.41) is 18.3. The fourth-order valence-corrected chi connectivity index (χ4v) is 5.44. The van der Waals surface area contributed by atoms with Crippen molar-refractivity contribution in [3.05, 3.63) is 111 Å². The van der Waals surface area contributed by atoms with Crippen LogP contribution in [0.3, 0.4) is 0 Å². The summed E-state index contributed by atoms with van der Waals surface area (Å²) < 4.78 is 41.6. The normalized spacial score (nSPS) is 12.6. The van der Waals surface area contributed by atoms with Gasteiger partial charge in [0.25, 0.3) is 11.5 Å². The number of rotatable bonds is 5. The van der Waals surface area contributed by atoms with Gasteiger partial charge in [0.1, 0.15) is 4.83 Å². The van der Waals surface area contributed by atoms with Crippen LogP contribution in [0, 0.1) is 0 Å². The van der Waals surface area contributed by atoms with E-state index in [-0.39, 0.29) is 22.6 Å². The number of aliphatic hydroxyl groups is 1. The summed E-state index contributed by atoms with van der Waals surface area (Å²) in [5.41, 5.74) is 1.41. The molecule has 0 radical (unpaired) electrons. The number of anilines is 1. The minimum atomic E-state index is -4.55. The first-order valence-electron chi connectivity index (χ1n) is 12.5. The molecule has 1 unspecified atom stereocenters. The van der Waals surface area contributed by atoms with Crippen LogP contribution in [0.2, 0.25) is 0 Å². The molecule has 3 aromatic heterocycles. The van der Waals surface area contributed by atoms with Crippen molar-refractivity contribution in [3.8, 4) is 16.9 Å². The number of hydrogen-bond donors (Lipinski definition) is 3. The molecule has 11 heteroatoms. The average Bonchev–Trinajstić information content (AvgIpc) is 3.57. The van der Waals surface area contributed by atoms with Gasteiger partial charge in [-0.3, -0.25) is 14.7 Å². The van der Waals surface area contributed by atoms with Crippen molar-refractivity contribution in [3.63, 3.8) is 0 Å². The summed E-state index contributed by atoms with van der Waals surface area (Å²) >= 11 is 1.32. The Balaban J connectivity index is 1.39. The van der Waals surface area contributed by atoms with E-state index in [0.29, 0.717) is 38.2 Å². The van der Waals surface area contributed by atoms with E-state index in [1.54, 1.807) is 66.9 Å². The van der Waals surface area contributed by atoms with Crippen molar-refractivity contribution in [1.82, 2.24) is 14.8 Å². The van der Waals surface area contributed by atoms with Crippen LogP contribution in [0.1, 0.15) is 34.5 Å². The third-order valence-corrected chi connectivity index (χ3v) is 7.54. The molecular weight excluding hydrogens is 553 g/mol. The smallest absolute Gasteiger partial charge is 0.389 e. The molecule has 1 amide bonds. The molecule has 0 aliphatic carbocycles. The highest BCUT2D eigenvalue weighted by atomic mass is 32.1. The Hall–Kier alpha value is -4.74. The Bertz CT molecular complexity index is 1990. The number of nitrogens with zero attached hydrogens (tertiary/aromatic N) is 2. The molecule has 0 saturated heterocycles. The maximum absolute atomic E-state index is 13.7.